The largest absolute Gasteiger partial charge is 0.369 e. The molecule has 0 unspecified atom stereocenters. The summed E-state index contributed by atoms with van der Waals surface area (Å²) in [5.74, 6) is 2.54. The lowest BCUT2D eigenvalue weighted by atomic mass is 9.89. The van der Waals surface area contributed by atoms with Crippen LogP contribution >= 0.6 is 0 Å². The number of fused-ring (bicyclic) bond motifs is 5. The molecule has 3 fully saturated rings. The van der Waals surface area contributed by atoms with Crippen molar-refractivity contribution in [3.05, 3.63) is 0 Å². The third kappa shape index (κ3) is 0.487. The Morgan fingerprint density at radius 3 is 2.80 bits per heavy atom. The van der Waals surface area contributed by atoms with Crippen molar-refractivity contribution in [2.24, 2.45) is 23.5 Å². The van der Waals surface area contributed by atoms with Gasteiger partial charge in [0.15, 0.2) is 0 Å². The Morgan fingerprint density at radius 1 is 1.30 bits per heavy atom. The molecule has 56 valence electrons. The van der Waals surface area contributed by atoms with E-state index in [2.05, 4.69) is 0 Å². The van der Waals surface area contributed by atoms with E-state index in [0.29, 0.717) is 12.2 Å². The first-order valence-electron chi connectivity index (χ1n) is 4.25. The topological polar surface area (TPSA) is 38.5 Å². The van der Waals surface area contributed by atoms with Gasteiger partial charge in [-0.05, 0) is 37.1 Å². The van der Waals surface area contributed by atoms with Crippen molar-refractivity contribution < 1.29 is 4.74 Å². The van der Waals surface area contributed by atoms with E-state index in [4.69, 9.17) is 10.5 Å². The lowest BCUT2D eigenvalue weighted by Crippen LogP contribution is -2.24. The van der Waals surface area contributed by atoms with Crippen molar-refractivity contribution >= 4 is 0 Å². The fourth-order valence-electron chi connectivity index (χ4n) is 3.00. The molecule has 10 heavy (non-hydrogen) atoms. The molecule has 1 heterocycles. The van der Waals surface area contributed by atoms with E-state index in [9.17, 15) is 0 Å². The number of nitrogens with two attached hydrogens (primary N) is 1. The molecule has 5 atom stereocenters. The highest BCUT2D eigenvalue weighted by molar-refractivity contribution is 5.10. The lowest BCUT2D eigenvalue weighted by molar-refractivity contribution is 0.252. The van der Waals surface area contributed by atoms with Gasteiger partial charge in [-0.25, -0.2) is 0 Å². The first-order valence-corrected chi connectivity index (χ1v) is 4.25. The van der Waals surface area contributed by atoms with E-state index in [1.807, 2.05) is 0 Å². The van der Waals surface area contributed by atoms with Crippen LogP contribution in [-0.2, 0) is 4.74 Å². The molecule has 1 saturated heterocycles. The molecule has 3 rings (SSSR count). The predicted octanol–water partition coefficient (Wildman–Crippen LogP) is 0.369. The second kappa shape index (κ2) is 1.56. The van der Waals surface area contributed by atoms with Gasteiger partial charge in [0.2, 0.25) is 0 Å². The Kier molecular flexibility index (Phi) is 0.868. The third-order valence-corrected chi connectivity index (χ3v) is 3.54. The number of hydrogen-bond donors (Lipinski definition) is 1. The summed E-state index contributed by atoms with van der Waals surface area (Å²) >= 11 is 0. The fourth-order valence-corrected chi connectivity index (χ4v) is 3.00. The van der Waals surface area contributed by atoms with Crippen molar-refractivity contribution in [3.8, 4) is 0 Å². The molecule has 2 aliphatic carbocycles. The summed E-state index contributed by atoms with van der Waals surface area (Å²) in [6, 6.07) is 0. The molecular formula is C8H13NO. The second-order valence-electron chi connectivity index (χ2n) is 3.96. The zero-order chi connectivity index (χ0) is 6.72. The smallest absolute Gasteiger partial charge is 0.0876 e. The molecule has 2 N–H and O–H groups in total. The van der Waals surface area contributed by atoms with Gasteiger partial charge in [0, 0.05) is 0 Å². The van der Waals surface area contributed by atoms with E-state index in [-0.39, 0.29) is 0 Å². The Morgan fingerprint density at radius 2 is 2.20 bits per heavy atom. The molecular weight excluding hydrogens is 126 g/mol. The molecule has 0 aromatic heterocycles. The highest BCUT2D eigenvalue weighted by Crippen LogP contribution is 2.58. The monoisotopic (exact) mass is 139 g/mol. The summed E-state index contributed by atoms with van der Waals surface area (Å²) in [6.45, 7) is 0.883. The summed E-state index contributed by atoms with van der Waals surface area (Å²) in [4.78, 5) is 0. The third-order valence-electron chi connectivity index (χ3n) is 3.54. The maximum absolute atomic E-state index is 5.65. The standard InChI is InChI=1S/C8H13NO/c9-3-5-1-4-2-6(5)8-7(4)10-8/h4-8H,1-3,9H2/t4-,5-,6+,7+,8+/m0/s1. The Bertz CT molecular complexity index is 171. The van der Waals surface area contributed by atoms with Crippen molar-refractivity contribution in [2.45, 2.75) is 25.0 Å². The summed E-state index contributed by atoms with van der Waals surface area (Å²) in [7, 11) is 0. The highest BCUT2D eigenvalue weighted by atomic mass is 16.6. The Labute approximate surface area is 60.7 Å². The summed E-state index contributed by atoms with van der Waals surface area (Å²) in [5.41, 5.74) is 5.65. The predicted molar refractivity (Wildman–Crippen MR) is 37.4 cm³/mol. The van der Waals surface area contributed by atoms with Gasteiger partial charge in [0.25, 0.3) is 0 Å². The van der Waals surface area contributed by atoms with Gasteiger partial charge in [0.05, 0.1) is 12.2 Å². The first kappa shape index (κ1) is 5.56. The van der Waals surface area contributed by atoms with Crippen LogP contribution in [0.3, 0.4) is 0 Å². The van der Waals surface area contributed by atoms with Gasteiger partial charge in [0.1, 0.15) is 0 Å². The molecule has 0 spiro atoms. The lowest BCUT2D eigenvalue weighted by Gasteiger charge is -2.15. The van der Waals surface area contributed by atoms with E-state index in [1.165, 1.54) is 12.8 Å². The summed E-state index contributed by atoms with van der Waals surface area (Å²) < 4.78 is 5.52. The van der Waals surface area contributed by atoms with Crippen LogP contribution in [0.2, 0.25) is 0 Å². The van der Waals surface area contributed by atoms with E-state index >= 15 is 0 Å². The maximum atomic E-state index is 5.65. The summed E-state index contributed by atoms with van der Waals surface area (Å²) in [6.07, 6.45) is 4.08. The van der Waals surface area contributed by atoms with Crippen molar-refractivity contribution in [3.63, 3.8) is 0 Å². The van der Waals surface area contributed by atoms with Crippen molar-refractivity contribution in [1.82, 2.24) is 0 Å². The zero-order valence-corrected chi connectivity index (χ0v) is 5.99. The highest BCUT2D eigenvalue weighted by Gasteiger charge is 2.62. The quantitative estimate of drug-likeness (QED) is 0.533. The van der Waals surface area contributed by atoms with Crippen LogP contribution in [0.15, 0.2) is 0 Å². The minimum absolute atomic E-state index is 0.646. The van der Waals surface area contributed by atoms with E-state index < -0.39 is 0 Å². The van der Waals surface area contributed by atoms with Crippen LogP contribution in [0.25, 0.3) is 0 Å². The van der Waals surface area contributed by atoms with Crippen LogP contribution in [0.1, 0.15) is 12.8 Å². The Hall–Kier alpha value is -0.0800. The minimum atomic E-state index is 0.646. The molecule has 2 saturated carbocycles. The molecule has 0 amide bonds. The second-order valence-corrected chi connectivity index (χ2v) is 3.96. The average Bonchev–Trinajstić information content (AvgIpc) is 2.58. The van der Waals surface area contributed by atoms with Gasteiger partial charge >= 0.3 is 0 Å². The Balaban J connectivity index is 1.85. The van der Waals surface area contributed by atoms with Crippen molar-refractivity contribution in [1.29, 1.82) is 0 Å². The van der Waals surface area contributed by atoms with Gasteiger partial charge < -0.3 is 10.5 Å². The van der Waals surface area contributed by atoms with E-state index in [1.54, 1.807) is 0 Å². The minimum Gasteiger partial charge on any atom is -0.369 e. The molecule has 0 aromatic rings. The fraction of sp³-hybridized carbons (Fsp3) is 1.00. The number of hydrogen-bond acceptors (Lipinski definition) is 2. The number of rotatable bonds is 1. The summed E-state index contributed by atoms with van der Waals surface area (Å²) in [5, 5.41) is 0. The molecule has 1 aliphatic heterocycles. The van der Waals surface area contributed by atoms with Crippen LogP contribution in [0, 0.1) is 17.8 Å². The van der Waals surface area contributed by atoms with Gasteiger partial charge in [-0.3, -0.25) is 0 Å². The molecule has 2 heteroatoms. The molecule has 0 aromatic carbocycles. The molecule has 2 nitrogen and oxygen atoms in total. The van der Waals surface area contributed by atoms with E-state index in [0.717, 1.165) is 24.3 Å². The van der Waals surface area contributed by atoms with Crippen molar-refractivity contribution in [2.75, 3.05) is 6.54 Å². The molecule has 2 bridgehead atoms. The van der Waals surface area contributed by atoms with Crippen LogP contribution in [0.4, 0.5) is 0 Å². The first-order chi connectivity index (χ1) is 4.90. The van der Waals surface area contributed by atoms with Crippen LogP contribution in [0.5, 0.6) is 0 Å². The maximum Gasteiger partial charge on any atom is 0.0876 e. The van der Waals surface area contributed by atoms with Crippen LogP contribution < -0.4 is 5.73 Å². The van der Waals surface area contributed by atoms with Gasteiger partial charge in [-0.15, -0.1) is 0 Å². The molecule has 0 radical (unpaired) electrons. The number of epoxide rings is 1. The SMILES string of the molecule is NC[C@@H]1C[C@H]2C[C@H]1[C@H]1O[C@H]21. The zero-order valence-electron chi connectivity index (χ0n) is 5.99. The van der Waals surface area contributed by atoms with Crippen LogP contribution in [-0.4, -0.2) is 18.8 Å². The van der Waals surface area contributed by atoms with Gasteiger partial charge in [-0.1, -0.05) is 0 Å². The normalized spacial score (nSPS) is 62.7. The van der Waals surface area contributed by atoms with Gasteiger partial charge in [-0.2, -0.15) is 0 Å². The number of ether oxygens (including phenoxy) is 1. The average molecular weight is 139 g/mol. The molecule has 3 aliphatic rings.